The molecule has 0 bridgehead atoms. The van der Waals surface area contributed by atoms with Crippen LogP contribution < -0.4 is 0 Å². The van der Waals surface area contributed by atoms with Crippen LogP contribution in [0.4, 0.5) is 8.78 Å². The highest BCUT2D eigenvalue weighted by Crippen LogP contribution is 2.36. The molecule has 2 rings (SSSR count). The maximum absolute atomic E-state index is 12.8. The minimum Gasteiger partial charge on any atom is -0.354 e. The van der Waals surface area contributed by atoms with E-state index in [9.17, 15) is 8.78 Å². The van der Waals surface area contributed by atoms with Crippen molar-refractivity contribution in [1.82, 2.24) is 4.57 Å². The van der Waals surface area contributed by atoms with E-state index in [4.69, 9.17) is 0 Å². The molecule has 1 saturated carbocycles. The van der Waals surface area contributed by atoms with Gasteiger partial charge in [0.05, 0.1) is 0 Å². The Kier molecular flexibility index (Phi) is 2.57. The molecule has 1 aromatic rings. The number of nitrogens with zero attached hydrogens (tertiary/aromatic N) is 1. The van der Waals surface area contributed by atoms with E-state index in [0.29, 0.717) is 18.8 Å². The van der Waals surface area contributed by atoms with Crippen molar-refractivity contribution < 1.29 is 8.78 Å². The van der Waals surface area contributed by atoms with Crippen LogP contribution in [0, 0.1) is 5.92 Å². The molecule has 78 valence electrons. The van der Waals surface area contributed by atoms with Crippen molar-refractivity contribution in [3.63, 3.8) is 0 Å². The average molecular weight is 199 g/mol. The lowest BCUT2D eigenvalue weighted by Gasteiger charge is -2.28. The van der Waals surface area contributed by atoms with E-state index in [0.717, 1.165) is 6.54 Å². The zero-order chi connectivity index (χ0) is 10.0. The van der Waals surface area contributed by atoms with Crippen molar-refractivity contribution in [2.75, 3.05) is 0 Å². The lowest BCUT2D eigenvalue weighted by molar-refractivity contribution is -0.0473. The SMILES string of the molecule is FC1(F)CCC(Cn2cccc2)CC1. The Morgan fingerprint density at radius 2 is 1.71 bits per heavy atom. The van der Waals surface area contributed by atoms with E-state index in [1.807, 2.05) is 24.5 Å². The zero-order valence-corrected chi connectivity index (χ0v) is 8.13. The molecule has 1 aliphatic carbocycles. The van der Waals surface area contributed by atoms with Gasteiger partial charge in [0.25, 0.3) is 0 Å². The van der Waals surface area contributed by atoms with E-state index < -0.39 is 5.92 Å². The fourth-order valence-corrected chi connectivity index (χ4v) is 2.07. The van der Waals surface area contributed by atoms with E-state index in [1.165, 1.54) is 0 Å². The quantitative estimate of drug-likeness (QED) is 0.688. The summed E-state index contributed by atoms with van der Waals surface area (Å²) < 4.78 is 27.8. The lowest BCUT2D eigenvalue weighted by atomic mass is 9.87. The van der Waals surface area contributed by atoms with E-state index in [2.05, 4.69) is 4.57 Å². The molecule has 0 saturated heterocycles. The van der Waals surface area contributed by atoms with Crippen LogP contribution >= 0.6 is 0 Å². The molecule has 1 aromatic heterocycles. The van der Waals surface area contributed by atoms with Crippen molar-refractivity contribution in [1.29, 1.82) is 0 Å². The molecule has 0 aromatic carbocycles. The van der Waals surface area contributed by atoms with Crippen molar-refractivity contribution in [2.45, 2.75) is 38.2 Å². The maximum atomic E-state index is 12.8. The standard InChI is InChI=1S/C11H15F2N/c12-11(13)5-3-10(4-6-11)9-14-7-1-2-8-14/h1-2,7-8,10H,3-6,9H2. The first-order valence-electron chi connectivity index (χ1n) is 5.14. The Morgan fingerprint density at radius 1 is 1.14 bits per heavy atom. The van der Waals surface area contributed by atoms with Crippen molar-refractivity contribution in [2.24, 2.45) is 5.92 Å². The van der Waals surface area contributed by atoms with E-state index in [-0.39, 0.29) is 12.8 Å². The Hall–Kier alpha value is -0.860. The summed E-state index contributed by atoms with van der Waals surface area (Å²) in [5, 5.41) is 0. The third-order valence-corrected chi connectivity index (χ3v) is 2.97. The Bertz CT molecular complexity index is 269. The Morgan fingerprint density at radius 3 is 2.29 bits per heavy atom. The van der Waals surface area contributed by atoms with Crippen LogP contribution in [-0.2, 0) is 6.54 Å². The van der Waals surface area contributed by atoms with Gasteiger partial charge in [-0.15, -0.1) is 0 Å². The van der Waals surface area contributed by atoms with Gasteiger partial charge < -0.3 is 4.57 Å². The van der Waals surface area contributed by atoms with E-state index >= 15 is 0 Å². The summed E-state index contributed by atoms with van der Waals surface area (Å²) in [7, 11) is 0. The number of aromatic nitrogens is 1. The molecule has 0 N–H and O–H groups in total. The van der Waals surface area contributed by atoms with Crippen molar-refractivity contribution in [3.05, 3.63) is 24.5 Å². The molecule has 0 atom stereocenters. The third-order valence-electron chi connectivity index (χ3n) is 2.97. The second kappa shape index (κ2) is 3.71. The monoisotopic (exact) mass is 199 g/mol. The first kappa shape index (κ1) is 9.69. The first-order valence-corrected chi connectivity index (χ1v) is 5.14. The van der Waals surface area contributed by atoms with Gasteiger partial charge in [-0.25, -0.2) is 8.78 Å². The fraction of sp³-hybridized carbons (Fsp3) is 0.636. The fourth-order valence-electron chi connectivity index (χ4n) is 2.07. The van der Waals surface area contributed by atoms with Gasteiger partial charge in [-0.1, -0.05) is 0 Å². The molecule has 1 nitrogen and oxygen atoms in total. The number of hydrogen-bond donors (Lipinski definition) is 0. The molecule has 0 aliphatic heterocycles. The molecule has 0 radical (unpaired) electrons. The van der Waals surface area contributed by atoms with Gasteiger partial charge in [-0.2, -0.15) is 0 Å². The molecule has 0 unspecified atom stereocenters. The summed E-state index contributed by atoms with van der Waals surface area (Å²) in [6.07, 6.45) is 5.44. The number of hydrogen-bond acceptors (Lipinski definition) is 0. The maximum Gasteiger partial charge on any atom is 0.248 e. The Labute approximate surface area is 82.7 Å². The molecule has 0 spiro atoms. The van der Waals surface area contributed by atoms with Gasteiger partial charge in [0.2, 0.25) is 5.92 Å². The summed E-state index contributed by atoms with van der Waals surface area (Å²) in [5.74, 6) is -1.96. The predicted molar refractivity (Wildman–Crippen MR) is 51.3 cm³/mol. The molecule has 0 amide bonds. The minimum absolute atomic E-state index is 0.0684. The van der Waals surface area contributed by atoms with Gasteiger partial charge in [0.1, 0.15) is 0 Å². The van der Waals surface area contributed by atoms with Crippen molar-refractivity contribution >= 4 is 0 Å². The van der Waals surface area contributed by atoms with Gasteiger partial charge in [0.15, 0.2) is 0 Å². The van der Waals surface area contributed by atoms with Crippen LogP contribution in [0.1, 0.15) is 25.7 Å². The normalized spacial score (nSPS) is 22.4. The number of halogens is 2. The first-order chi connectivity index (χ1) is 6.66. The highest BCUT2D eigenvalue weighted by molar-refractivity contribution is 4.91. The van der Waals surface area contributed by atoms with Gasteiger partial charge in [-0.05, 0) is 30.9 Å². The summed E-state index contributed by atoms with van der Waals surface area (Å²) in [5.41, 5.74) is 0. The highest BCUT2D eigenvalue weighted by atomic mass is 19.3. The van der Waals surface area contributed by atoms with Crippen LogP contribution in [-0.4, -0.2) is 10.5 Å². The van der Waals surface area contributed by atoms with Crippen LogP contribution in [0.15, 0.2) is 24.5 Å². The lowest BCUT2D eigenvalue weighted by Crippen LogP contribution is -2.26. The van der Waals surface area contributed by atoms with Crippen LogP contribution in [0.5, 0.6) is 0 Å². The van der Waals surface area contributed by atoms with Gasteiger partial charge in [-0.3, -0.25) is 0 Å². The average Bonchev–Trinajstić information content (AvgIpc) is 2.61. The van der Waals surface area contributed by atoms with E-state index in [1.54, 1.807) is 0 Å². The smallest absolute Gasteiger partial charge is 0.248 e. The molecule has 1 heterocycles. The van der Waals surface area contributed by atoms with Gasteiger partial charge >= 0.3 is 0 Å². The second-order valence-electron chi connectivity index (χ2n) is 4.18. The molecule has 14 heavy (non-hydrogen) atoms. The molecule has 1 aliphatic rings. The second-order valence-corrected chi connectivity index (χ2v) is 4.18. The van der Waals surface area contributed by atoms with Crippen LogP contribution in [0.25, 0.3) is 0 Å². The van der Waals surface area contributed by atoms with Crippen LogP contribution in [0.2, 0.25) is 0 Å². The molecule has 1 fully saturated rings. The Balaban J connectivity index is 1.85. The van der Waals surface area contributed by atoms with Gasteiger partial charge in [0, 0.05) is 31.8 Å². The zero-order valence-electron chi connectivity index (χ0n) is 8.13. The minimum atomic E-state index is -2.40. The summed E-state index contributed by atoms with van der Waals surface area (Å²) in [6, 6.07) is 3.94. The summed E-state index contributed by atoms with van der Waals surface area (Å²) in [4.78, 5) is 0. The largest absolute Gasteiger partial charge is 0.354 e. The number of alkyl halides is 2. The molecular formula is C11H15F2N. The number of rotatable bonds is 2. The summed E-state index contributed by atoms with van der Waals surface area (Å²) >= 11 is 0. The van der Waals surface area contributed by atoms with Crippen LogP contribution in [0.3, 0.4) is 0 Å². The summed E-state index contributed by atoms with van der Waals surface area (Å²) in [6.45, 7) is 0.892. The molecule has 3 heteroatoms. The molecular weight excluding hydrogens is 184 g/mol. The van der Waals surface area contributed by atoms with Crippen molar-refractivity contribution in [3.8, 4) is 0 Å². The highest BCUT2D eigenvalue weighted by Gasteiger charge is 2.34. The third kappa shape index (κ3) is 2.34. The topological polar surface area (TPSA) is 4.93 Å². The predicted octanol–water partition coefficient (Wildman–Crippen LogP) is 3.31.